The lowest BCUT2D eigenvalue weighted by molar-refractivity contribution is 0.0577. The SMILES string of the molecule is CCC1CN(Cc2ccc(O)cc2)C(C)(C)CN1. The van der Waals surface area contributed by atoms with Gasteiger partial charge in [-0.05, 0) is 38.0 Å². The van der Waals surface area contributed by atoms with Crippen LogP contribution in [0.5, 0.6) is 5.75 Å². The van der Waals surface area contributed by atoms with Crippen LogP contribution in [-0.4, -0.2) is 34.7 Å². The molecule has 0 bridgehead atoms. The minimum absolute atomic E-state index is 0.184. The minimum Gasteiger partial charge on any atom is -0.508 e. The molecule has 1 fully saturated rings. The minimum atomic E-state index is 0.184. The molecule has 3 nitrogen and oxygen atoms in total. The van der Waals surface area contributed by atoms with Gasteiger partial charge in [-0.25, -0.2) is 0 Å². The highest BCUT2D eigenvalue weighted by Gasteiger charge is 2.32. The van der Waals surface area contributed by atoms with Gasteiger partial charge in [0.25, 0.3) is 0 Å². The number of rotatable bonds is 3. The van der Waals surface area contributed by atoms with Gasteiger partial charge in [-0.2, -0.15) is 0 Å². The average Bonchev–Trinajstić information content (AvgIpc) is 2.34. The second-order valence-corrected chi connectivity index (χ2v) is 5.85. The third kappa shape index (κ3) is 3.03. The zero-order chi connectivity index (χ0) is 13.2. The largest absolute Gasteiger partial charge is 0.508 e. The van der Waals surface area contributed by atoms with Gasteiger partial charge in [0.05, 0.1) is 0 Å². The maximum absolute atomic E-state index is 9.32. The Morgan fingerprint density at radius 3 is 2.61 bits per heavy atom. The molecule has 0 aliphatic carbocycles. The summed E-state index contributed by atoms with van der Waals surface area (Å²) >= 11 is 0. The van der Waals surface area contributed by atoms with Crippen molar-refractivity contribution in [2.45, 2.75) is 45.3 Å². The van der Waals surface area contributed by atoms with Crippen LogP contribution in [0.3, 0.4) is 0 Å². The summed E-state index contributed by atoms with van der Waals surface area (Å²) in [5.41, 5.74) is 1.45. The highest BCUT2D eigenvalue weighted by molar-refractivity contribution is 5.26. The molecule has 3 heteroatoms. The van der Waals surface area contributed by atoms with E-state index in [1.165, 1.54) is 12.0 Å². The lowest BCUT2D eigenvalue weighted by atomic mass is 9.95. The zero-order valence-corrected chi connectivity index (χ0v) is 11.6. The second-order valence-electron chi connectivity index (χ2n) is 5.85. The third-order valence-electron chi connectivity index (χ3n) is 3.92. The van der Waals surface area contributed by atoms with Crippen LogP contribution in [0.1, 0.15) is 32.8 Å². The van der Waals surface area contributed by atoms with Crippen LogP contribution in [0.25, 0.3) is 0 Å². The monoisotopic (exact) mass is 248 g/mol. The molecule has 1 aliphatic heterocycles. The van der Waals surface area contributed by atoms with Gasteiger partial charge >= 0.3 is 0 Å². The fraction of sp³-hybridized carbons (Fsp3) is 0.600. The first-order chi connectivity index (χ1) is 8.51. The van der Waals surface area contributed by atoms with E-state index in [1.807, 2.05) is 12.1 Å². The molecule has 0 aromatic heterocycles. The second kappa shape index (κ2) is 5.29. The molecule has 2 rings (SSSR count). The Labute approximate surface area is 110 Å². The van der Waals surface area contributed by atoms with E-state index in [2.05, 4.69) is 31.0 Å². The average molecular weight is 248 g/mol. The van der Waals surface area contributed by atoms with Gasteiger partial charge in [0.2, 0.25) is 0 Å². The number of phenols is 1. The van der Waals surface area contributed by atoms with Gasteiger partial charge in [0, 0.05) is 31.2 Å². The van der Waals surface area contributed by atoms with E-state index < -0.39 is 0 Å². The predicted molar refractivity (Wildman–Crippen MR) is 74.7 cm³/mol. The van der Waals surface area contributed by atoms with E-state index in [0.717, 1.165) is 19.6 Å². The summed E-state index contributed by atoms with van der Waals surface area (Å²) in [5, 5.41) is 12.9. The smallest absolute Gasteiger partial charge is 0.115 e. The molecule has 18 heavy (non-hydrogen) atoms. The van der Waals surface area contributed by atoms with Crippen molar-refractivity contribution in [1.29, 1.82) is 0 Å². The number of phenolic OH excluding ortho intramolecular Hbond substituents is 1. The van der Waals surface area contributed by atoms with Gasteiger partial charge in [-0.3, -0.25) is 4.90 Å². The van der Waals surface area contributed by atoms with E-state index in [-0.39, 0.29) is 5.54 Å². The van der Waals surface area contributed by atoms with Crippen molar-refractivity contribution >= 4 is 0 Å². The Bertz CT molecular complexity index is 386. The first-order valence-electron chi connectivity index (χ1n) is 6.77. The van der Waals surface area contributed by atoms with Crippen molar-refractivity contribution in [2.24, 2.45) is 0 Å². The number of nitrogens with zero attached hydrogens (tertiary/aromatic N) is 1. The Kier molecular flexibility index (Phi) is 3.93. The molecule has 1 aliphatic rings. The van der Waals surface area contributed by atoms with Gasteiger partial charge in [0.15, 0.2) is 0 Å². The van der Waals surface area contributed by atoms with Crippen LogP contribution in [0, 0.1) is 0 Å². The first kappa shape index (κ1) is 13.4. The molecule has 1 unspecified atom stereocenters. The molecule has 100 valence electrons. The molecule has 1 heterocycles. The Hall–Kier alpha value is -1.06. The van der Waals surface area contributed by atoms with Crippen LogP contribution < -0.4 is 5.32 Å². The third-order valence-corrected chi connectivity index (χ3v) is 3.92. The highest BCUT2D eigenvalue weighted by atomic mass is 16.3. The van der Waals surface area contributed by atoms with E-state index in [0.29, 0.717) is 11.8 Å². The molecule has 0 spiro atoms. The maximum Gasteiger partial charge on any atom is 0.115 e. The van der Waals surface area contributed by atoms with E-state index >= 15 is 0 Å². The van der Waals surface area contributed by atoms with Crippen LogP contribution >= 0.6 is 0 Å². The fourth-order valence-corrected chi connectivity index (χ4v) is 2.46. The number of aromatic hydroxyl groups is 1. The number of hydrogen-bond acceptors (Lipinski definition) is 3. The molecule has 1 aromatic rings. The summed E-state index contributed by atoms with van der Waals surface area (Å²) in [7, 11) is 0. The standard InChI is InChI=1S/C15H24N2O/c1-4-13-10-17(15(2,3)11-16-13)9-12-5-7-14(18)8-6-12/h5-8,13,16,18H,4,9-11H2,1-3H3. The Morgan fingerprint density at radius 1 is 1.33 bits per heavy atom. The van der Waals surface area contributed by atoms with E-state index in [1.54, 1.807) is 12.1 Å². The van der Waals surface area contributed by atoms with E-state index in [9.17, 15) is 5.11 Å². The molecule has 2 N–H and O–H groups in total. The summed E-state index contributed by atoms with van der Waals surface area (Å²) in [4.78, 5) is 2.53. The van der Waals surface area contributed by atoms with E-state index in [4.69, 9.17) is 0 Å². The fourth-order valence-electron chi connectivity index (χ4n) is 2.46. The number of hydrogen-bond donors (Lipinski definition) is 2. The predicted octanol–water partition coefficient (Wildman–Crippen LogP) is 2.35. The summed E-state index contributed by atoms with van der Waals surface area (Å²) in [5.74, 6) is 0.338. The summed E-state index contributed by atoms with van der Waals surface area (Å²) < 4.78 is 0. The number of piperazine rings is 1. The maximum atomic E-state index is 9.32. The molecule has 0 amide bonds. The summed E-state index contributed by atoms with van der Waals surface area (Å²) in [6.45, 7) is 9.87. The molecule has 1 saturated heterocycles. The molecule has 0 radical (unpaired) electrons. The normalized spacial score (nSPS) is 24.1. The van der Waals surface area contributed by atoms with Gasteiger partial charge < -0.3 is 10.4 Å². The quantitative estimate of drug-likeness (QED) is 0.862. The lowest BCUT2D eigenvalue weighted by Gasteiger charge is -2.46. The van der Waals surface area contributed by atoms with Crippen LogP contribution in [0.2, 0.25) is 0 Å². The van der Waals surface area contributed by atoms with Crippen LogP contribution in [0.15, 0.2) is 24.3 Å². The highest BCUT2D eigenvalue weighted by Crippen LogP contribution is 2.22. The van der Waals surface area contributed by atoms with Gasteiger partial charge in [-0.1, -0.05) is 19.1 Å². The van der Waals surface area contributed by atoms with Crippen molar-refractivity contribution in [2.75, 3.05) is 13.1 Å². The van der Waals surface area contributed by atoms with Crippen LogP contribution in [0.4, 0.5) is 0 Å². The zero-order valence-electron chi connectivity index (χ0n) is 11.6. The molecule has 0 saturated carbocycles. The number of benzene rings is 1. The van der Waals surface area contributed by atoms with Crippen molar-refractivity contribution in [3.63, 3.8) is 0 Å². The van der Waals surface area contributed by atoms with Crippen molar-refractivity contribution in [3.8, 4) is 5.75 Å². The van der Waals surface area contributed by atoms with Crippen molar-refractivity contribution in [1.82, 2.24) is 10.2 Å². The number of nitrogens with one attached hydrogen (secondary N) is 1. The molecular formula is C15H24N2O. The van der Waals surface area contributed by atoms with Gasteiger partial charge in [0.1, 0.15) is 5.75 Å². The van der Waals surface area contributed by atoms with Crippen molar-refractivity contribution in [3.05, 3.63) is 29.8 Å². The summed E-state index contributed by atoms with van der Waals surface area (Å²) in [6.07, 6.45) is 1.17. The van der Waals surface area contributed by atoms with Crippen molar-refractivity contribution < 1.29 is 5.11 Å². The molecule has 1 atom stereocenters. The molecule has 1 aromatic carbocycles. The summed E-state index contributed by atoms with van der Waals surface area (Å²) in [6, 6.07) is 8.14. The molecular weight excluding hydrogens is 224 g/mol. The van der Waals surface area contributed by atoms with Crippen LogP contribution in [-0.2, 0) is 6.54 Å². The first-order valence-corrected chi connectivity index (χ1v) is 6.77. The lowest BCUT2D eigenvalue weighted by Crippen LogP contribution is -2.61. The Morgan fingerprint density at radius 2 is 2.00 bits per heavy atom. The van der Waals surface area contributed by atoms with Gasteiger partial charge in [-0.15, -0.1) is 0 Å². The Balaban J connectivity index is 2.07. The topological polar surface area (TPSA) is 35.5 Å².